The lowest BCUT2D eigenvalue weighted by molar-refractivity contribution is -0.120. The van der Waals surface area contributed by atoms with Crippen molar-refractivity contribution in [2.45, 2.75) is 19.8 Å². The summed E-state index contributed by atoms with van der Waals surface area (Å²) < 4.78 is 0. The third kappa shape index (κ3) is 3.53. The Morgan fingerprint density at radius 1 is 0.839 bits per heavy atom. The van der Waals surface area contributed by atoms with Crippen LogP contribution in [0, 0.1) is 6.92 Å². The van der Waals surface area contributed by atoms with Gasteiger partial charge >= 0.3 is 0 Å². The summed E-state index contributed by atoms with van der Waals surface area (Å²) in [6, 6.07) is 19.3. The number of carbonyl (C=O) groups is 2. The zero-order valence-corrected chi connectivity index (χ0v) is 18.1. The molecule has 5 nitrogen and oxygen atoms in total. The molecule has 0 bridgehead atoms. The van der Waals surface area contributed by atoms with Gasteiger partial charge in [0.1, 0.15) is 5.70 Å². The van der Waals surface area contributed by atoms with Crippen LogP contribution in [-0.2, 0) is 9.59 Å². The third-order valence-corrected chi connectivity index (χ3v) is 6.72. The molecular weight excluding hydrogens is 406 g/mol. The first-order valence-corrected chi connectivity index (χ1v) is 11.4. The maximum Gasteiger partial charge on any atom is 0.282 e. The number of nitrogens with one attached hydrogen (secondary N) is 1. The lowest BCUT2D eigenvalue weighted by atomic mass is 10.1. The fraction of sp³-hybridized carbons (Fsp3) is 0.200. The van der Waals surface area contributed by atoms with Gasteiger partial charge in [-0.3, -0.25) is 9.59 Å². The monoisotopic (exact) mass is 429 g/mol. The zero-order valence-electron chi connectivity index (χ0n) is 17.3. The smallest absolute Gasteiger partial charge is 0.282 e. The molecule has 2 aromatic carbocycles. The van der Waals surface area contributed by atoms with E-state index in [0.717, 1.165) is 34.9 Å². The Labute approximate surface area is 185 Å². The Morgan fingerprint density at radius 3 is 2.23 bits per heavy atom. The summed E-state index contributed by atoms with van der Waals surface area (Å²) in [5, 5.41) is 5.17. The Bertz CT molecular complexity index is 1160. The molecule has 1 N–H and O–H groups in total. The Balaban J connectivity index is 1.51. The predicted molar refractivity (Wildman–Crippen MR) is 126 cm³/mol. The fourth-order valence-electron chi connectivity index (χ4n) is 4.17. The summed E-state index contributed by atoms with van der Waals surface area (Å²) in [6.45, 7) is 4.08. The largest absolute Gasteiger partial charge is 0.372 e. The molecule has 2 aliphatic heterocycles. The molecule has 1 aromatic heterocycles. The molecule has 1 saturated heterocycles. The number of hydrogen-bond donors (Lipinski definition) is 1. The van der Waals surface area contributed by atoms with Crippen molar-refractivity contribution in [1.29, 1.82) is 0 Å². The number of anilines is 3. The molecule has 0 unspecified atom stereocenters. The van der Waals surface area contributed by atoms with Gasteiger partial charge in [0.25, 0.3) is 11.8 Å². The second kappa shape index (κ2) is 8.04. The Morgan fingerprint density at radius 2 is 1.55 bits per heavy atom. The van der Waals surface area contributed by atoms with Crippen LogP contribution in [0.2, 0.25) is 0 Å². The standard InChI is InChI=1S/C25H23N3O2S/c1-17-7-2-3-8-20(17)26-23-22(21-9-6-16-31-21)24(29)28(25(23)30)19-12-10-18(11-13-19)27-14-4-5-15-27/h2-3,6-13,16,26H,4-5,14-15H2,1H3. The summed E-state index contributed by atoms with van der Waals surface area (Å²) in [5.74, 6) is -0.622. The summed E-state index contributed by atoms with van der Waals surface area (Å²) in [6.07, 6.45) is 2.40. The van der Waals surface area contributed by atoms with E-state index in [9.17, 15) is 9.59 Å². The van der Waals surface area contributed by atoms with E-state index >= 15 is 0 Å². The molecule has 0 aliphatic carbocycles. The topological polar surface area (TPSA) is 52.7 Å². The van der Waals surface area contributed by atoms with E-state index in [1.807, 2.05) is 73.0 Å². The van der Waals surface area contributed by atoms with Gasteiger partial charge in [0.05, 0.1) is 11.3 Å². The van der Waals surface area contributed by atoms with E-state index < -0.39 is 0 Å². The van der Waals surface area contributed by atoms with Crippen molar-refractivity contribution in [1.82, 2.24) is 0 Å². The molecule has 6 heteroatoms. The molecule has 0 radical (unpaired) electrons. The number of aryl methyl sites for hydroxylation is 1. The molecule has 5 rings (SSSR count). The van der Waals surface area contributed by atoms with E-state index in [1.165, 1.54) is 29.1 Å². The summed E-state index contributed by atoms with van der Waals surface area (Å²) in [4.78, 5) is 31.3. The van der Waals surface area contributed by atoms with Crippen molar-refractivity contribution < 1.29 is 9.59 Å². The summed E-state index contributed by atoms with van der Waals surface area (Å²) in [7, 11) is 0. The van der Waals surface area contributed by atoms with Crippen LogP contribution < -0.4 is 15.1 Å². The number of para-hydroxylation sites is 1. The van der Waals surface area contributed by atoms with E-state index in [2.05, 4.69) is 10.2 Å². The first-order valence-electron chi connectivity index (χ1n) is 10.5. The molecule has 2 amide bonds. The number of imide groups is 1. The molecule has 1 fully saturated rings. The molecule has 2 aliphatic rings. The lowest BCUT2D eigenvalue weighted by Gasteiger charge is -2.20. The number of thiophene rings is 1. The van der Waals surface area contributed by atoms with Crippen molar-refractivity contribution in [2.24, 2.45) is 0 Å². The van der Waals surface area contributed by atoms with Gasteiger partial charge in [-0.2, -0.15) is 0 Å². The van der Waals surface area contributed by atoms with Crippen molar-refractivity contribution in [3.05, 3.63) is 82.2 Å². The highest BCUT2D eigenvalue weighted by Crippen LogP contribution is 2.36. The van der Waals surface area contributed by atoms with Gasteiger partial charge in [-0.1, -0.05) is 24.3 Å². The summed E-state index contributed by atoms with van der Waals surface area (Å²) >= 11 is 1.46. The number of hydrogen-bond acceptors (Lipinski definition) is 5. The highest BCUT2D eigenvalue weighted by molar-refractivity contribution is 7.11. The minimum absolute atomic E-state index is 0.294. The summed E-state index contributed by atoms with van der Waals surface area (Å²) in [5.41, 5.74) is 4.30. The number of benzene rings is 2. The number of nitrogens with zero attached hydrogens (tertiary/aromatic N) is 2. The first kappa shape index (κ1) is 19.6. The lowest BCUT2D eigenvalue weighted by Crippen LogP contribution is -2.32. The second-order valence-corrected chi connectivity index (χ2v) is 8.77. The van der Waals surface area contributed by atoms with Crippen LogP contribution in [0.3, 0.4) is 0 Å². The van der Waals surface area contributed by atoms with Gasteiger partial charge in [0, 0.05) is 29.3 Å². The van der Waals surface area contributed by atoms with Gasteiger partial charge in [-0.05, 0) is 67.1 Å². The van der Waals surface area contributed by atoms with Crippen molar-refractivity contribution >= 4 is 45.8 Å². The van der Waals surface area contributed by atoms with Crippen LogP contribution in [0.1, 0.15) is 23.3 Å². The maximum absolute atomic E-state index is 13.5. The van der Waals surface area contributed by atoms with Gasteiger partial charge < -0.3 is 10.2 Å². The van der Waals surface area contributed by atoms with E-state index in [1.54, 1.807) is 0 Å². The van der Waals surface area contributed by atoms with Crippen molar-refractivity contribution in [2.75, 3.05) is 28.2 Å². The average molecular weight is 430 g/mol. The number of carbonyl (C=O) groups excluding carboxylic acids is 2. The highest BCUT2D eigenvalue weighted by atomic mass is 32.1. The minimum atomic E-state index is -0.328. The van der Waals surface area contributed by atoms with Crippen LogP contribution in [0.15, 0.2) is 71.7 Å². The van der Waals surface area contributed by atoms with E-state index in [0.29, 0.717) is 17.0 Å². The van der Waals surface area contributed by atoms with Gasteiger partial charge in [-0.25, -0.2) is 4.90 Å². The van der Waals surface area contributed by atoms with E-state index in [4.69, 9.17) is 0 Å². The molecule has 3 aromatic rings. The second-order valence-electron chi connectivity index (χ2n) is 7.82. The van der Waals surface area contributed by atoms with Crippen LogP contribution in [0.4, 0.5) is 17.1 Å². The van der Waals surface area contributed by atoms with Crippen LogP contribution in [0.25, 0.3) is 5.57 Å². The predicted octanol–water partition coefficient (Wildman–Crippen LogP) is 5.05. The Hall–Kier alpha value is -3.38. The van der Waals surface area contributed by atoms with Crippen LogP contribution in [-0.4, -0.2) is 24.9 Å². The van der Waals surface area contributed by atoms with Crippen LogP contribution >= 0.6 is 11.3 Å². The fourth-order valence-corrected chi connectivity index (χ4v) is 4.93. The van der Waals surface area contributed by atoms with Crippen molar-refractivity contribution in [3.8, 4) is 0 Å². The van der Waals surface area contributed by atoms with E-state index in [-0.39, 0.29) is 11.8 Å². The third-order valence-electron chi connectivity index (χ3n) is 5.84. The minimum Gasteiger partial charge on any atom is -0.372 e. The molecule has 3 heterocycles. The number of amides is 2. The van der Waals surface area contributed by atoms with Gasteiger partial charge in [0.2, 0.25) is 0 Å². The molecule has 0 saturated carbocycles. The van der Waals surface area contributed by atoms with Crippen LogP contribution in [0.5, 0.6) is 0 Å². The normalized spacial score (nSPS) is 16.5. The molecule has 31 heavy (non-hydrogen) atoms. The molecule has 0 atom stereocenters. The Kier molecular flexibility index (Phi) is 5.08. The zero-order chi connectivity index (χ0) is 21.4. The first-order chi connectivity index (χ1) is 15.1. The molecule has 156 valence electrons. The average Bonchev–Trinajstić information content (AvgIpc) is 3.53. The molecule has 0 spiro atoms. The quantitative estimate of drug-likeness (QED) is 0.577. The number of rotatable bonds is 5. The van der Waals surface area contributed by atoms with Gasteiger partial charge in [0.15, 0.2) is 0 Å². The SMILES string of the molecule is Cc1ccccc1NC1=C(c2cccs2)C(=O)N(c2ccc(N3CCCC3)cc2)C1=O. The maximum atomic E-state index is 13.5. The molecular formula is C25H23N3O2S. The van der Waals surface area contributed by atoms with Crippen molar-refractivity contribution in [3.63, 3.8) is 0 Å². The highest BCUT2D eigenvalue weighted by Gasteiger charge is 2.40. The van der Waals surface area contributed by atoms with Gasteiger partial charge in [-0.15, -0.1) is 11.3 Å².